The number of benzene rings is 1. The summed E-state index contributed by atoms with van der Waals surface area (Å²) in [7, 11) is 0. The first-order chi connectivity index (χ1) is 7.97. The van der Waals surface area contributed by atoms with Crippen LogP contribution in [-0.4, -0.2) is 17.7 Å². The lowest BCUT2D eigenvalue weighted by Crippen LogP contribution is -2.21. The SMILES string of the molecule is Cc1cccc(C2(C(=O)O)CC2)c1OC(F)F. The lowest BCUT2D eigenvalue weighted by molar-refractivity contribution is -0.140. The number of carboxylic acid groups (broad SMARTS) is 1. The summed E-state index contributed by atoms with van der Waals surface area (Å²) in [5, 5.41) is 9.16. The van der Waals surface area contributed by atoms with Crippen LogP contribution in [0.4, 0.5) is 8.78 Å². The number of hydrogen-bond donors (Lipinski definition) is 1. The summed E-state index contributed by atoms with van der Waals surface area (Å²) in [5.74, 6) is -0.982. The number of carboxylic acids is 1. The minimum atomic E-state index is -2.94. The summed E-state index contributed by atoms with van der Waals surface area (Å²) in [4.78, 5) is 11.2. The molecule has 5 heteroatoms. The molecule has 0 spiro atoms. The second-order valence-corrected chi connectivity index (χ2v) is 4.22. The van der Waals surface area contributed by atoms with E-state index in [1.54, 1.807) is 25.1 Å². The number of hydrogen-bond acceptors (Lipinski definition) is 2. The van der Waals surface area contributed by atoms with Crippen LogP contribution < -0.4 is 4.74 Å². The lowest BCUT2D eigenvalue weighted by Gasteiger charge is -2.17. The van der Waals surface area contributed by atoms with Crippen molar-refractivity contribution in [2.75, 3.05) is 0 Å². The third-order valence-electron chi connectivity index (χ3n) is 3.09. The van der Waals surface area contributed by atoms with Crippen LogP contribution in [0, 0.1) is 6.92 Å². The first-order valence-corrected chi connectivity index (χ1v) is 5.26. The van der Waals surface area contributed by atoms with Crippen molar-refractivity contribution in [3.8, 4) is 5.75 Å². The van der Waals surface area contributed by atoms with Gasteiger partial charge in [-0.15, -0.1) is 0 Å². The van der Waals surface area contributed by atoms with Crippen molar-refractivity contribution in [3.05, 3.63) is 29.3 Å². The van der Waals surface area contributed by atoms with Crippen LogP contribution in [-0.2, 0) is 10.2 Å². The first-order valence-electron chi connectivity index (χ1n) is 5.26. The zero-order valence-corrected chi connectivity index (χ0v) is 9.24. The number of halogens is 2. The molecule has 0 radical (unpaired) electrons. The number of para-hydroxylation sites is 1. The summed E-state index contributed by atoms with van der Waals surface area (Å²) in [6.45, 7) is -1.32. The van der Waals surface area contributed by atoms with Crippen molar-refractivity contribution in [2.24, 2.45) is 0 Å². The molecule has 0 heterocycles. The van der Waals surface area contributed by atoms with Crippen LogP contribution in [0.1, 0.15) is 24.0 Å². The molecule has 1 aliphatic rings. The molecule has 0 unspecified atom stereocenters. The van der Waals surface area contributed by atoms with Gasteiger partial charge in [0.25, 0.3) is 0 Å². The average Bonchev–Trinajstić information content (AvgIpc) is 3.01. The van der Waals surface area contributed by atoms with Gasteiger partial charge in [0.05, 0.1) is 5.41 Å². The highest BCUT2D eigenvalue weighted by Gasteiger charge is 2.53. The van der Waals surface area contributed by atoms with E-state index in [4.69, 9.17) is 5.11 Å². The monoisotopic (exact) mass is 242 g/mol. The number of carbonyl (C=O) groups is 1. The molecule has 1 saturated carbocycles. The highest BCUT2D eigenvalue weighted by atomic mass is 19.3. The van der Waals surface area contributed by atoms with Crippen molar-refractivity contribution in [2.45, 2.75) is 31.8 Å². The summed E-state index contributed by atoms with van der Waals surface area (Å²) in [5.41, 5.74) is -0.156. The highest BCUT2D eigenvalue weighted by molar-refractivity contribution is 5.86. The predicted molar refractivity (Wildman–Crippen MR) is 56.4 cm³/mol. The normalized spacial score (nSPS) is 16.9. The molecule has 1 fully saturated rings. The van der Waals surface area contributed by atoms with Gasteiger partial charge in [-0.05, 0) is 25.3 Å². The van der Waals surface area contributed by atoms with Gasteiger partial charge < -0.3 is 9.84 Å². The van der Waals surface area contributed by atoms with Crippen molar-refractivity contribution in [1.29, 1.82) is 0 Å². The van der Waals surface area contributed by atoms with E-state index in [1.807, 2.05) is 0 Å². The average molecular weight is 242 g/mol. The number of alkyl halides is 2. The Balaban J connectivity index is 2.47. The molecule has 0 saturated heterocycles. The lowest BCUT2D eigenvalue weighted by atomic mass is 9.93. The smallest absolute Gasteiger partial charge is 0.387 e. The largest absolute Gasteiger partial charge is 0.481 e. The van der Waals surface area contributed by atoms with Gasteiger partial charge in [0, 0.05) is 5.56 Å². The number of aliphatic carboxylic acids is 1. The quantitative estimate of drug-likeness (QED) is 0.883. The maximum Gasteiger partial charge on any atom is 0.387 e. The molecule has 0 amide bonds. The van der Waals surface area contributed by atoms with E-state index in [9.17, 15) is 13.6 Å². The van der Waals surface area contributed by atoms with Crippen molar-refractivity contribution in [3.63, 3.8) is 0 Å². The molecule has 0 bridgehead atoms. The minimum Gasteiger partial charge on any atom is -0.481 e. The van der Waals surface area contributed by atoms with E-state index in [0.717, 1.165) is 0 Å². The second-order valence-electron chi connectivity index (χ2n) is 4.22. The predicted octanol–water partition coefficient (Wildman–Crippen LogP) is 2.71. The van der Waals surface area contributed by atoms with E-state index < -0.39 is 18.0 Å². The Hall–Kier alpha value is -1.65. The number of aryl methyl sites for hydroxylation is 1. The zero-order chi connectivity index (χ0) is 12.6. The second kappa shape index (κ2) is 3.98. The minimum absolute atomic E-state index is 0.00222. The molecule has 0 aliphatic heterocycles. The molecular weight excluding hydrogens is 230 g/mol. The summed E-state index contributed by atoms with van der Waals surface area (Å²) in [6, 6.07) is 4.83. The first kappa shape index (κ1) is 11.8. The zero-order valence-electron chi connectivity index (χ0n) is 9.24. The number of rotatable bonds is 4. The van der Waals surface area contributed by atoms with Gasteiger partial charge in [0.1, 0.15) is 5.75 Å². The Morgan fingerprint density at radius 1 is 1.47 bits per heavy atom. The van der Waals surface area contributed by atoms with E-state index in [2.05, 4.69) is 4.74 Å². The van der Waals surface area contributed by atoms with Crippen LogP contribution in [0.3, 0.4) is 0 Å². The molecule has 17 heavy (non-hydrogen) atoms. The van der Waals surface area contributed by atoms with Gasteiger partial charge in [-0.3, -0.25) is 4.79 Å². The third-order valence-corrected chi connectivity index (χ3v) is 3.09. The van der Waals surface area contributed by atoms with Gasteiger partial charge >= 0.3 is 12.6 Å². The summed E-state index contributed by atoms with van der Waals surface area (Å²) in [6.07, 6.45) is 0.927. The molecule has 0 aromatic heterocycles. The van der Waals surface area contributed by atoms with Crippen LogP contribution in [0.5, 0.6) is 5.75 Å². The molecule has 1 aromatic rings. The molecule has 2 rings (SSSR count). The molecule has 92 valence electrons. The van der Waals surface area contributed by atoms with E-state index in [0.29, 0.717) is 24.0 Å². The van der Waals surface area contributed by atoms with Crippen molar-refractivity contribution in [1.82, 2.24) is 0 Å². The van der Waals surface area contributed by atoms with Crippen molar-refractivity contribution >= 4 is 5.97 Å². The standard InChI is InChI=1S/C12H12F2O3/c1-7-3-2-4-8(9(7)17-11(13)14)12(5-6-12)10(15)16/h2-4,11H,5-6H2,1H3,(H,15,16). The Labute approximate surface area is 97.0 Å². The molecule has 1 N–H and O–H groups in total. The fraction of sp³-hybridized carbons (Fsp3) is 0.417. The van der Waals surface area contributed by atoms with Gasteiger partial charge in [0.15, 0.2) is 0 Å². The number of ether oxygens (including phenoxy) is 1. The molecule has 0 atom stereocenters. The Morgan fingerprint density at radius 2 is 2.12 bits per heavy atom. The van der Waals surface area contributed by atoms with Crippen LogP contribution >= 0.6 is 0 Å². The van der Waals surface area contributed by atoms with E-state index in [-0.39, 0.29) is 5.75 Å². The summed E-state index contributed by atoms with van der Waals surface area (Å²) < 4.78 is 29.1. The third kappa shape index (κ3) is 1.97. The fourth-order valence-corrected chi connectivity index (χ4v) is 2.00. The molecular formula is C12H12F2O3. The highest BCUT2D eigenvalue weighted by Crippen LogP contribution is 2.52. The topological polar surface area (TPSA) is 46.5 Å². The van der Waals surface area contributed by atoms with Crippen LogP contribution in [0.2, 0.25) is 0 Å². The molecule has 3 nitrogen and oxygen atoms in total. The van der Waals surface area contributed by atoms with Gasteiger partial charge in [-0.1, -0.05) is 18.2 Å². The Bertz CT molecular complexity index is 453. The van der Waals surface area contributed by atoms with Gasteiger partial charge in [-0.25, -0.2) is 0 Å². The maximum atomic E-state index is 12.3. The van der Waals surface area contributed by atoms with Gasteiger partial charge in [0.2, 0.25) is 0 Å². The van der Waals surface area contributed by atoms with Crippen molar-refractivity contribution < 1.29 is 23.4 Å². The molecule has 1 aliphatic carbocycles. The Kier molecular flexibility index (Phi) is 2.77. The van der Waals surface area contributed by atoms with Crippen LogP contribution in [0.15, 0.2) is 18.2 Å². The summed E-state index contributed by atoms with van der Waals surface area (Å²) >= 11 is 0. The molecule has 1 aromatic carbocycles. The van der Waals surface area contributed by atoms with Gasteiger partial charge in [-0.2, -0.15) is 8.78 Å². The van der Waals surface area contributed by atoms with Crippen LogP contribution in [0.25, 0.3) is 0 Å². The van der Waals surface area contributed by atoms with E-state index in [1.165, 1.54) is 0 Å². The Morgan fingerprint density at radius 3 is 2.59 bits per heavy atom. The van der Waals surface area contributed by atoms with E-state index >= 15 is 0 Å². The maximum absolute atomic E-state index is 12.3. The fourth-order valence-electron chi connectivity index (χ4n) is 2.00.